The summed E-state index contributed by atoms with van der Waals surface area (Å²) >= 11 is 0. The van der Waals surface area contributed by atoms with Gasteiger partial charge in [0, 0.05) is 13.1 Å². The standard InChI is InChI=1S/C18H21N3O3S/c1-12-4-3-9-19-18(12)11-20-25(23,24)15-7-5-14-6-8-17(16(14)10-15)21-13(2)22/h3-5,7,9-10,17,20H,6,8,11H2,1-2H3,(H,21,22)/t17-/m1/s1. The summed E-state index contributed by atoms with van der Waals surface area (Å²) in [5.41, 5.74) is 3.60. The zero-order valence-corrected chi connectivity index (χ0v) is 15.1. The molecule has 0 saturated carbocycles. The minimum absolute atomic E-state index is 0.116. The van der Waals surface area contributed by atoms with Crippen LogP contribution in [-0.4, -0.2) is 19.3 Å². The minimum Gasteiger partial charge on any atom is -0.350 e. The molecule has 1 aromatic carbocycles. The molecule has 0 bridgehead atoms. The molecule has 1 aliphatic carbocycles. The Labute approximate surface area is 147 Å². The first-order valence-corrected chi connectivity index (χ1v) is 9.65. The van der Waals surface area contributed by atoms with Gasteiger partial charge in [-0.05, 0) is 54.7 Å². The first-order chi connectivity index (χ1) is 11.9. The predicted molar refractivity (Wildman–Crippen MR) is 94.3 cm³/mol. The second kappa shape index (κ2) is 6.93. The fourth-order valence-corrected chi connectivity index (χ4v) is 4.12. The molecule has 0 fully saturated rings. The van der Waals surface area contributed by atoms with E-state index >= 15 is 0 Å². The highest BCUT2D eigenvalue weighted by Crippen LogP contribution is 2.32. The van der Waals surface area contributed by atoms with Gasteiger partial charge in [0.05, 0.1) is 23.2 Å². The maximum atomic E-state index is 12.6. The Morgan fingerprint density at radius 3 is 2.84 bits per heavy atom. The van der Waals surface area contributed by atoms with E-state index in [2.05, 4.69) is 15.0 Å². The van der Waals surface area contributed by atoms with Crippen molar-refractivity contribution >= 4 is 15.9 Å². The number of nitrogens with zero attached hydrogens (tertiary/aromatic N) is 1. The lowest BCUT2D eigenvalue weighted by atomic mass is 10.1. The Hall–Kier alpha value is -2.25. The van der Waals surface area contributed by atoms with Gasteiger partial charge in [0.25, 0.3) is 0 Å². The molecule has 6 nitrogen and oxygen atoms in total. The fraction of sp³-hybridized carbons (Fsp3) is 0.333. The number of aryl methyl sites for hydroxylation is 2. The zero-order valence-electron chi connectivity index (χ0n) is 14.2. The second-order valence-corrected chi connectivity index (χ2v) is 8.01. The number of sulfonamides is 1. The number of aromatic nitrogens is 1. The Kier molecular flexibility index (Phi) is 4.87. The van der Waals surface area contributed by atoms with Crippen molar-refractivity contribution in [2.45, 2.75) is 44.2 Å². The highest BCUT2D eigenvalue weighted by atomic mass is 32.2. The fourth-order valence-electron chi connectivity index (χ4n) is 3.09. The average molecular weight is 359 g/mol. The minimum atomic E-state index is -3.65. The van der Waals surface area contributed by atoms with Crippen LogP contribution in [0.3, 0.4) is 0 Å². The molecule has 0 unspecified atom stereocenters. The molecular formula is C18H21N3O3S. The van der Waals surface area contributed by atoms with Crippen LogP contribution in [0.25, 0.3) is 0 Å². The zero-order chi connectivity index (χ0) is 18.0. The highest BCUT2D eigenvalue weighted by molar-refractivity contribution is 7.89. The number of hydrogen-bond acceptors (Lipinski definition) is 4. The number of rotatable bonds is 5. The Balaban J connectivity index is 1.81. The van der Waals surface area contributed by atoms with E-state index in [1.54, 1.807) is 18.3 Å². The molecule has 1 aromatic heterocycles. The summed E-state index contributed by atoms with van der Waals surface area (Å²) in [6.45, 7) is 3.50. The molecule has 7 heteroatoms. The van der Waals surface area contributed by atoms with Crippen molar-refractivity contribution in [3.8, 4) is 0 Å². The summed E-state index contributed by atoms with van der Waals surface area (Å²) in [5, 5.41) is 2.88. The van der Waals surface area contributed by atoms with Crippen molar-refractivity contribution < 1.29 is 13.2 Å². The van der Waals surface area contributed by atoms with Crippen LogP contribution in [0, 0.1) is 6.92 Å². The van der Waals surface area contributed by atoms with Crippen LogP contribution >= 0.6 is 0 Å². The van der Waals surface area contributed by atoms with E-state index < -0.39 is 10.0 Å². The molecule has 132 valence electrons. The van der Waals surface area contributed by atoms with Crippen LogP contribution in [-0.2, 0) is 27.8 Å². The van der Waals surface area contributed by atoms with E-state index in [0.29, 0.717) is 5.69 Å². The molecule has 0 spiro atoms. The first-order valence-electron chi connectivity index (χ1n) is 8.17. The normalized spacial score (nSPS) is 16.5. The number of pyridine rings is 1. The number of benzene rings is 1. The van der Waals surface area contributed by atoms with Crippen molar-refractivity contribution in [2.75, 3.05) is 0 Å². The van der Waals surface area contributed by atoms with Crippen LogP contribution < -0.4 is 10.0 Å². The smallest absolute Gasteiger partial charge is 0.240 e. The third kappa shape index (κ3) is 3.88. The molecule has 0 radical (unpaired) electrons. The molecule has 2 aromatic rings. The molecule has 1 heterocycles. The SMILES string of the molecule is CC(=O)N[C@@H]1CCc2ccc(S(=O)(=O)NCc3ncccc3C)cc21. The van der Waals surface area contributed by atoms with E-state index in [1.165, 1.54) is 6.92 Å². The van der Waals surface area contributed by atoms with Gasteiger partial charge in [0.15, 0.2) is 0 Å². The summed E-state index contributed by atoms with van der Waals surface area (Å²) < 4.78 is 27.8. The van der Waals surface area contributed by atoms with Crippen molar-refractivity contribution in [3.05, 3.63) is 58.9 Å². The van der Waals surface area contributed by atoms with Crippen molar-refractivity contribution in [1.82, 2.24) is 15.0 Å². The average Bonchev–Trinajstić information content (AvgIpc) is 2.96. The lowest BCUT2D eigenvalue weighted by Crippen LogP contribution is -2.26. The van der Waals surface area contributed by atoms with E-state index in [-0.39, 0.29) is 23.4 Å². The number of amides is 1. The number of carbonyl (C=O) groups is 1. The summed E-state index contributed by atoms with van der Waals surface area (Å²) in [4.78, 5) is 15.7. The van der Waals surface area contributed by atoms with Gasteiger partial charge in [-0.25, -0.2) is 13.1 Å². The monoisotopic (exact) mass is 359 g/mol. The lowest BCUT2D eigenvalue weighted by Gasteiger charge is -2.14. The number of nitrogens with one attached hydrogen (secondary N) is 2. The van der Waals surface area contributed by atoms with Gasteiger partial charge in [-0.2, -0.15) is 0 Å². The molecule has 2 N–H and O–H groups in total. The van der Waals surface area contributed by atoms with Crippen molar-refractivity contribution in [1.29, 1.82) is 0 Å². The van der Waals surface area contributed by atoms with Crippen LogP contribution in [0.1, 0.15) is 41.8 Å². The van der Waals surface area contributed by atoms with Crippen LogP contribution in [0.2, 0.25) is 0 Å². The molecule has 25 heavy (non-hydrogen) atoms. The molecule has 0 aliphatic heterocycles. The summed E-state index contributed by atoms with van der Waals surface area (Å²) in [6, 6.07) is 8.69. The molecule has 1 atom stereocenters. The summed E-state index contributed by atoms with van der Waals surface area (Å²) in [5.74, 6) is -0.116. The van der Waals surface area contributed by atoms with Gasteiger partial charge in [-0.1, -0.05) is 12.1 Å². The van der Waals surface area contributed by atoms with Gasteiger partial charge in [-0.15, -0.1) is 0 Å². The largest absolute Gasteiger partial charge is 0.350 e. The van der Waals surface area contributed by atoms with Crippen LogP contribution in [0.4, 0.5) is 0 Å². The van der Waals surface area contributed by atoms with Gasteiger partial charge in [-0.3, -0.25) is 9.78 Å². The van der Waals surface area contributed by atoms with Crippen LogP contribution in [0.15, 0.2) is 41.4 Å². The maximum Gasteiger partial charge on any atom is 0.240 e. The van der Waals surface area contributed by atoms with Gasteiger partial charge in [0.1, 0.15) is 0 Å². The lowest BCUT2D eigenvalue weighted by molar-refractivity contribution is -0.119. The number of fused-ring (bicyclic) bond motifs is 1. The maximum absolute atomic E-state index is 12.6. The number of carbonyl (C=O) groups excluding carboxylic acids is 1. The van der Waals surface area contributed by atoms with Gasteiger partial charge in [0.2, 0.25) is 15.9 Å². The van der Waals surface area contributed by atoms with E-state index in [0.717, 1.165) is 29.5 Å². The third-order valence-electron chi connectivity index (χ3n) is 4.43. The van der Waals surface area contributed by atoms with Gasteiger partial charge < -0.3 is 5.32 Å². The molecule has 1 aliphatic rings. The first kappa shape index (κ1) is 17.6. The Morgan fingerprint density at radius 2 is 2.12 bits per heavy atom. The Bertz CT molecular complexity index is 910. The molecule has 1 amide bonds. The molecule has 0 saturated heterocycles. The molecule has 3 rings (SSSR count). The van der Waals surface area contributed by atoms with Crippen molar-refractivity contribution in [3.63, 3.8) is 0 Å². The Morgan fingerprint density at radius 1 is 1.32 bits per heavy atom. The highest BCUT2D eigenvalue weighted by Gasteiger charge is 2.25. The van der Waals surface area contributed by atoms with Crippen LogP contribution in [0.5, 0.6) is 0 Å². The quantitative estimate of drug-likeness (QED) is 0.855. The van der Waals surface area contributed by atoms with E-state index in [4.69, 9.17) is 0 Å². The summed E-state index contributed by atoms with van der Waals surface area (Å²) in [7, 11) is -3.65. The summed E-state index contributed by atoms with van der Waals surface area (Å²) in [6.07, 6.45) is 3.27. The number of hydrogen-bond donors (Lipinski definition) is 2. The third-order valence-corrected chi connectivity index (χ3v) is 5.83. The predicted octanol–water partition coefficient (Wildman–Crippen LogP) is 1.99. The van der Waals surface area contributed by atoms with E-state index in [1.807, 2.05) is 25.1 Å². The van der Waals surface area contributed by atoms with E-state index in [9.17, 15) is 13.2 Å². The molecular weight excluding hydrogens is 338 g/mol. The second-order valence-electron chi connectivity index (χ2n) is 6.24. The van der Waals surface area contributed by atoms with Gasteiger partial charge >= 0.3 is 0 Å². The van der Waals surface area contributed by atoms with Crippen molar-refractivity contribution in [2.24, 2.45) is 0 Å². The topological polar surface area (TPSA) is 88.2 Å².